The zero-order chi connectivity index (χ0) is 14.8. The van der Waals surface area contributed by atoms with Crippen LogP contribution in [0.2, 0.25) is 0 Å². The van der Waals surface area contributed by atoms with Crippen molar-refractivity contribution in [2.24, 2.45) is 16.7 Å². The van der Waals surface area contributed by atoms with Gasteiger partial charge in [0.15, 0.2) is 5.78 Å². The van der Waals surface area contributed by atoms with Crippen molar-refractivity contribution in [2.75, 3.05) is 0 Å². The van der Waals surface area contributed by atoms with Crippen LogP contribution in [0.1, 0.15) is 52.9 Å². The predicted molar refractivity (Wildman–Crippen MR) is 85.8 cm³/mol. The fraction of sp³-hybridized carbons (Fsp3) is 0.550. The fourth-order valence-corrected chi connectivity index (χ4v) is 5.25. The van der Waals surface area contributed by atoms with Crippen molar-refractivity contribution in [3.63, 3.8) is 0 Å². The summed E-state index contributed by atoms with van der Waals surface area (Å²) in [5, 5.41) is 0. The van der Waals surface area contributed by atoms with Crippen LogP contribution in [0.5, 0.6) is 0 Å². The maximum atomic E-state index is 11.7. The van der Waals surface area contributed by atoms with Crippen molar-refractivity contribution in [3.05, 3.63) is 46.6 Å². The molecule has 3 atom stereocenters. The van der Waals surface area contributed by atoms with Crippen molar-refractivity contribution in [1.82, 2.24) is 0 Å². The number of carbonyl (C=O) groups excluding carboxylic acids is 1. The molecule has 0 aliphatic heterocycles. The first kappa shape index (κ1) is 13.3. The Labute approximate surface area is 127 Å². The molecule has 1 nitrogen and oxygen atoms in total. The molecule has 21 heavy (non-hydrogen) atoms. The molecule has 0 saturated carbocycles. The maximum absolute atomic E-state index is 11.7. The second-order valence-electron chi connectivity index (χ2n) is 7.89. The summed E-state index contributed by atoms with van der Waals surface area (Å²) >= 11 is 0. The van der Waals surface area contributed by atoms with Gasteiger partial charge < -0.3 is 0 Å². The summed E-state index contributed by atoms with van der Waals surface area (Å²) in [5.41, 5.74) is 6.62. The average molecular weight is 280 g/mol. The van der Waals surface area contributed by atoms with Crippen molar-refractivity contribution >= 4 is 5.78 Å². The van der Waals surface area contributed by atoms with Crippen LogP contribution in [0.4, 0.5) is 0 Å². The zero-order valence-electron chi connectivity index (χ0n) is 13.3. The zero-order valence-corrected chi connectivity index (χ0v) is 13.3. The SMILES string of the molecule is C[C@H]1C=C2C3=C(CC[C@@]2(C)C1)[C@@]1(C)C=CC(=O)C=C1CC3. The van der Waals surface area contributed by atoms with Crippen LogP contribution < -0.4 is 0 Å². The third-order valence-corrected chi connectivity index (χ3v) is 6.33. The maximum Gasteiger partial charge on any atom is 0.178 e. The molecular formula is C20H24O. The minimum Gasteiger partial charge on any atom is -0.290 e. The standard InChI is InChI=1S/C20H24O/c1-13-10-18-16-5-4-14-11-15(21)6-9-20(14,3)17(16)7-8-19(18,2)12-13/h6,9-11,13H,4-5,7-8,12H2,1-3H3/t13-,19-,20-/m0/s1. The number of fused-ring (bicyclic) bond motifs is 4. The van der Waals surface area contributed by atoms with E-state index in [2.05, 4.69) is 32.9 Å². The van der Waals surface area contributed by atoms with E-state index in [-0.39, 0.29) is 11.2 Å². The quantitative estimate of drug-likeness (QED) is 0.616. The Balaban J connectivity index is 1.87. The van der Waals surface area contributed by atoms with Gasteiger partial charge in [-0.15, -0.1) is 0 Å². The van der Waals surface area contributed by atoms with Crippen LogP contribution in [0.3, 0.4) is 0 Å². The first-order valence-electron chi connectivity index (χ1n) is 8.32. The molecule has 0 heterocycles. The highest BCUT2D eigenvalue weighted by atomic mass is 16.1. The number of carbonyl (C=O) groups is 1. The first-order valence-corrected chi connectivity index (χ1v) is 8.32. The van der Waals surface area contributed by atoms with Crippen LogP contribution in [0.25, 0.3) is 0 Å². The van der Waals surface area contributed by atoms with Crippen LogP contribution in [0.15, 0.2) is 46.6 Å². The lowest BCUT2D eigenvalue weighted by atomic mass is 9.57. The Morgan fingerprint density at radius 3 is 2.81 bits per heavy atom. The minimum absolute atomic E-state index is 0.00942. The second-order valence-corrected chi connectivity index (χ2v) is 7.89. The number of allylic oxidation sites excluding steroid dienone is 8. The molecule has 0 amide bonds. The van der Waals surface area contributed by atoms with Crippen molar-refractivity contribution in [3.8, 4) is 0 Å². The van der Waals surface area contributed by atoms with E-state index < -0.39 is 0 Å². The van der Waals surface area contributed by atoms with E-state index in [9.17, 15) is 4.79 Å². The monoisotopic (exact) mass is 280 g/mol. The molecule has 0 fully saturated rings. The minimum atomic E-state index is 0.00942. The van der Waals surface area contributed by atoms with E-state index >= 15 is 0 Å². The van der Waals surface area contributed by atoms with Gasteiger partial charge in [-0.3, -0.25) is 4.79 Å². The molecule has 0 bridgehead atoms. The lowest BCUT2D eigenvalue weighted by Gasteiger charge is -2.46. The normalized spacial score (nSPS) is 41.3. The Morgan fingerprint density at radius 1 is 1.19 bits per heavy atom. The van der Waals surface area contributed by atoms with Gasteiger partial charge in [0, 0.05) is 5.41 Å². The summed E-state index contributed by atoms with van der Waals surface area (Å²) in [6.45, 7) is 7.13. The van der Waals surface area contributed by atoms with E-state index in [1.807, 2.05) is 6.08 Å². The topological polar surface area (TPSA) is 17.1 Å². The molecule has 0 saturated heterocycles. The van der Waals surface area contributed by atoms with Gasteiger partial charge in [-0.2, -0.15) is 0 Å². The van der Waals surface area contributed by atoms with E-state index in [1.165, 1.54) is 24.8 Å². The molecule has 4 aliphatic rings. The highest BCUT2D eigenvalue weighted by molar-refractivity contribution is 6.01. The molecule has 0 aromatic carbocycles. The summed E-state index contributed by atoms with van der Waals surface area (Å²) in [7, 11) is 0. The number of hydrogen-bond donors (Lipinski definition) is 0. The molecular weight excluding hydrogens is 256 g/mol. The summed E-state index contributed by atoms with van der Waals surface area (Å²) < 4.78 is 0. The van der Waals surface area contributed by atoms with Gasteiger partial charge in [0.25, 0.3) is 0 Å². The van der Waals surface area contributed by atoms with Gasteiger partial charge in [0.2, 0.25) is 0 Å². The largest absolute Gasteiger partial charge is 0.290 e. The van der Waals surface area contributed by atoms with E-state index in [0.717, 1.165) is 12.8 Å². The number of rotatable bonds is 0. The molecule has 0 N–H and O–H groups in total. The molecule has 1 heteroatoms. The van der Waals surface area contributed by atoms with Gasteiger partial charge >= 0.3 is 0 Å². The smallest absolute Gasteiger partial charge is 0.178 e. The Bertz CT molecular complexity index is 657. The van der Waals surface area contributed by atoms with Gasteiger partial charge in [0.1, 0.15) is 0 Å². The van der Waals surface area contributed by atoms with Crippen molar-refractivity contribution in [1.29, 1.82) is 0 Å². The Kier molecular flexibility index (Phi) is 2.59. The van der Waals surface area contributed by atoms with Gasteiger partial charge in [-0.05, 0) is 73.7 Å². The van der Waals surface area contributed by atoms with Crippen LogP contribution in [-0.2, 0) is 4.79 Å². The second kappa shape index (κ2) is 4.09. The van der Waals surface area contributed by atoms with E-state index in [0.29, 0.717) is 11.3 Å². The first-order chi connectivity index (χ1) is 9.92. The molecule has 110 valence electrons. The average Bonchev–Trinajstić information content (AvgIpc) is 2.74. The van der Waals surface area contributed by atoms with Crippen LogP contribution in [0, 0.1) is 16.7 Å². The lowest BCUT2D eigenvalue weighted by Crippen LogP contribution is -2.34. The molecule has 0 spiro atoms. The van der Waals surface area contributed by atoms with E-state index in [4.69, 9.17) is 0 Å². The molecule has 4 rings (SSSR count). The van der Waals surface area contributed by atoms with Crippen molar-refractivity contribution < 1.29 is 4.79 Å². The van der Waals surface area contributed by atoms with Crippen LogP contribution >= 0.6 is 0 Å². The molecule has 0 unspecified atom stereocenters. The Hall–Kier alpha value is -1.37. The van der Waals surface area contributed by atoms with Crippen LogP contribution in [-0.4, -0.2) is 5.78 Å². The van der Waals surface area contributed by atoms with E-state index in [1.54, 1.807) is 22.8 Å². The highest BCUT2D eigenvalue weighted by Gasteiger charge is 2.47. The third kappa shape index (κ3) is 1.73. The lowest BCUT2D eigenvalue weighted by molar-refractivity contribution is -0.110. The molecule has 0 aromatic heterocycles. The number of hydrogen-bond acceptors (Lipinski definition) is 1. The Morgan fingerprint density at radius 2 is 2.00 bits per heavy atom. The number of ketones is 1. The van der Waals surface area contributed by atoms with Gasteiger partial charge in [-0.1, -0.05) is 37.1 Å². The summed E-state index contributed by atoms with van der Waals surface area (Å²) in [6, 6.07) is 0. The third-order valence-electron chi connectivity index (χ3n) is 6.33. The molecule has 0 aromatic rings. The highest BCUT2D eigenvalue weighted by Crippen LogP contribution is 2.60. The van der Waals surface area contributed by atoms with Gasteiger partial charge in [0.05, 0.1) is 0 Å². The summed E-state index contributed by atoms with van der Waals surface area (Å²) in [5.74, 6) is 0.881. The summed E-state index contributed by atoms with van der Waals surface area (Å²) in [4.78, 5) is 11.7. The van der Waals surface area contributed by atoms with Gasteiger partial charge in [-0.25, -0.2) is 0 Å². The van der Waals surface area contributed by atoms with Crippen molar-refractivity contribution in [2.45, 2.75) is 52.9 Å². The summed E-state index contributed by atoms with van der Waals surface area (Å²) in [6.07, 6.45) is 14.3. The fourth-order valence-electron chi connectivity index (χ4n) is 5.25. The molecule has 4 aliphatic carbocycles. The molecule has 0 radical (unpaired) electrons. The predicted octanol–water partition coefficient (Wildman–Crippen LogP) is 4.91.